The molecule has 3 aliphatic rings. The lowest BCUT2D eigenvalue weighted by atomic mass is 9.92. The summed E-state index contributed by atoms with van der Waals surface area (Å²) >= 11 is 0.750. The van der Waals surface area contributed by atoms with Gasteiger partial charge < -0.3 is 25.8 Å². The van der Waals surface area contributed by atoms with Crippen LogP contribution in [0.3, 0.4) is 0 Å². The van der Waals surface area contributed by atoms with Crippen molar-refractivity contribution in [3.63, 3.8) is 0 Å². The summed E-state index contributed by atoms with van der Waals surface area (Å²) in [7, 11) is 1.76. The molecule has 19 nitrogen and oxygen atoms in total. The van der Waals surface area contributed by atoms with Crippen molar-refractivity contribution in [2.45, 2.75) is 84.7 Å². The van der Waals surface area contributed by atoms with Gasteiger partial charge in [0.15, 0.2) is 10.9 Å². The monoisotopic (exact) mass is 955 g/mol. The number of benzene rings is 2. The van der Waals surface area contributed by atoms with Gasteiger partial charge in [-0.05, 0) is 98.2 Å². The maximum Gasteiger partial charge on any atom is 0.348 e. The van der Waals surface area contributed by atoms with E-state index in [9.17, 15) is 38.1 Å². The summed E-state index contributed by atoms with van der Waals surface area (Å²) in [6, 6.07) is 8.45. The Balaban J connectivity index is 0.840. The number of aryl methyl sites for hydroxylation is 3. The van der Waals surface area contributed by atoms with Gasteiger partial charge >= 0.3 is 5.00 Å². The third-order valence-electron chi connectivity index (χ3n) is 12.6. The Morgan fingerprint density at radius 3 is 2.47 bits per heavy atom. The Bertz CT molecular complexity index is 2730. The van der Waals surface area contributed by atoms with Crippen LogP contribution in [0.25, 0.3) is 11.1 Å². The summed E-state index contributed by atoms with van der Waals surface area (Å²) in [5.41, 5.74) is 6.07. The number of halogens is 2. The molecule has 6 heterocycles. The second kappa shape index (κ2) is 20.6. The summed E-state index contributed by atoms with van der Waals surface area (Å²) in [6.07, 6.45) is 5.85. The molecule has 1 saturated heterocycles. The molecular formula is C46H55F2N13O6S. The van der Waals surface area contributed by atoms with Crippen molar-refractivity contribution in [1.82, 2.24) is 39.7 Å². The number of alkyl halides is 2. The zero-order valence-corrected chi connectivity index (χ0v) is 39.3. The number of amides is 4. The van der Waals surface area contributed by atoms with Crippen molar-refractivity contribution < 1.29 is 32.9 Å². The molecule has 360 valence electrons. The van der Waals surface area contributed by atoms with E-state index in [1.165, 1.54) is 13.8 Å². The van der Waals surface area contributed by atoms with Crippen LogP contribution in [0.4, 0.5) is 41.8 Å². The lowest BCUT2D eigenvalue weighted by molar-refractivity contribution is -0.380. The molecule has 22 heteroatoms. The average molecular weight is 956 g/mol. The maximum atomic E-state index is 14.7. The number of hydrogen-bond acceptors (Lipinski definition) is 13. The Labute approximate surface area is 395 Å². The molecule has 4 amide bonds. The van der Waals surface area contributed by atoms with Crippen molar-refractivity contribution in [3.8, 4) is 11.1 Å². The fourth-order valence-electron chi connectivity index (χ4n) is 9.29. The molecule has 8 rings (SSSR count). The van der Waals surface area contributed by atoms with Crippen molar-refractivity contribution in [3.05, 3.63) is 86.5 Å². The number of fused-ring (bicyclic) bond motifs is 2. The fourth-order valence-corrected chi connectivity index (χ4v) is 10.1. The van der Waals surface area contributed by atoms with Gasteiger partial charge in [0.1, 0.15) is 5.69 Å². The van der Waals surface area contributed by atoms with Crippen LogP contribution in [0.2, 0.25) is 0 Å². The van der Waals surface area contributed by atoms with E-state index in [0.29, 0.717) is 81.3 Å². The Hall–Kier alpha value is -6.81. The van der Waals surface area contributed by atoms with E-state index < -0.39 is 17.3 Å². The van der Waals surface area contributed by atoms with Gasteiger partial charge in [-0.2, -0.15) is 10.2 Å². The lowest BCUT2D eigenvalue weighted by Gasteiger charge is -2.33. The van der Waals surface area contributed by atoms with Gasteiger partial charge in [-0.1, -0.05) is 0 Å². The predicted octanol–water partition coefficient (Wildman–Crippen LogP) is 6.74. The van der Waals surface area contributed by atoms with Gasteiger partial charge in [0.05, 0.1) is 41.5 Å². The summed E-state index contributed by atoms with van der Waals surface area (Å²) in [4.78, 5) is 71.5. The van der Waals surface area contributed by atoms with Gasteiger partial charge in [0, 0.05) is 107 Å². The molecule has 5 aromatic rings. The highest BCUT2D eigenvalue weighted by molar-refractivity contribution is 7.19. The molecule has 3 aromatic heterocycles. The quantitative estimate of drug-likeness (QED) is 0.0460. The molecule has 0 unspecified atom stereocenters. The number of rotatable bonds is 16. The van der Waals surface area contributed by atoms with E-state index in [4.69, 9.17) is 5.10 Å². The normalized spacial score (nSPS) is 15.2. The number of piperidine rings is 1. The zero-order chi connectivity index (χ0) is 48.2. The SMILES string of the molecule is CC(=O)Nc1cc(NCCCCNC(=O)CN2CCC(n3nc(N4CCCc5cc(-c6cnn(C)c6)c(C(F)F)cc54)c4c3CCN(C(C)=O)C4)CC2)ccc1C(=O)Nc1nc(C)c([N+](=O)[O-])s1. The lowest BCUT2D eigenvalue weighted by Crippen LogP contribution is -2.42. The van der Waals surface area contributed by atoms with Crippen LogP contribution in [0.15, 0.2) is 42.7 Å². The summed E-state index contributed by atoms with van der Waals surface area (Å²) in [5.74, 6) is -0.324. The molecule has 3 aliphatic heterocycles. The third-order valence-corrected chi connectivity index (χ3v) is 13.7. The Morgan fingerprint density at radius 1 is 1.00 bits per heavy atom. The highest BCUT2D eigenvalue weighted by Crippen LogP contribution is 2.44. The van der Waals surface area contributed by atoms with Crippen LogP contribution in [0.1, 0.15) is 96.9 Å². The number of carbonyl (C=O) groups excluding carboxylic acids is 4. The second-order valence-electron chi connectivity index (χ2n) is 17.5. The predicted molar refractivity (Wildman–Crippen MR) is 254 cm³/mol. The smallest absolute Gasteiger partial charge is 0.348 e. The minimum atomic E-state index is -2.69. The zero-order valence-electron chi connectivity index (χ0n) is 38.4. The number of carbonyl (C=O) groups is 4. The van der Waals surface area contributed by atoms with Crippen LogP contribution < -0.4 is 26.2 Å². The molecule has 0 bridgehead atoms. The molecular weight excluding hydrogens is 901 g/mol. The average Bonchev–Trinajstić information content (AvgIpc) is 4.02. The van der Waals surface area contributed by atoms with E-state index in [2.05, 4.69) is 45.8 Å². The number of anilines is 5. The number of likely N-dealkylation sites (tertiary alicyclic amines) is 1. The van der Waals surface area contributed by atoms with Crippen molar-refractivity contribution in [2.75, 3.05) is 66.7 Å². The molecule has 0 spiro atoms. The fraction of sp³-hybridized carbons (Fsp3) is 0.457. The molecule has 2 aromatic carbocycles. The van der Waals surface area contributed by atoms with Crippen LogP contribution in [-0.2, 0) is 40.8 Å². The first-order valence-corrected chi connectivity index (χ1v) is 23.6. The third kappa shape index (κ3) is 10.6. The van der Waals surface area contributed by atoms with Gasteiger partial charge in [-0.3, -0.25) is 48.9 Å². The van der Waals surface area contributed by atoms with Crippen LogP contribution in [0.5, 0.6) is 0 Å². The van der Waals surface area contributed by atoms with Crippen molar-refractivity contribution in [2.24, 2.45) is 7.05 Å². The van der Waals surface area contributed by atoms with Crippen molar-refractivity contribution >= 4 is 68.0 Å². The molecule has 0 atom stereocenters. The molecule has 1 fully saturated rings. The topological polar surface area (TPSA) is 218 Å². The number of nitro groups is 1. The molecule has 68 heavy (non-hydrogen) atoms. The number of nitrogens with one attached hydrogen (secondary N) is 4. The van der Waals surface area contributed by atoms with E-state index in [0.717, 1.165) is 65.9 Å². The molecule has 0 radical (unpaired) electrons. The Morgan fingerprint density at radius 2 is 1.78 bits per heavy atom. The van der Waals surface area contributed by atoms with E-state index in [-0.39, 0.29) is 62.9 Å². The summed E-state index contributed by atoms with van der Waals surface area (Å²) in [6.45, 7) is 8.68. The highest BCUT2D eigenvalue weighted by atomic mass is 32.1. The second-order valence-corrected chi connectivity index (χ2v) is 18.4. The first kappa shape index (κ1) is 47.7. The number of aromatic nitrogens is 5. The first-order valence-electron chi connectivity index (χ1n) is 22.8. The summed E-state index contributed by atoms with van der Waals surface area (Å²) < 4.78 is 33.1. The standard InChI is InChI=1S/C46H55F2N13O6S/c1-27-45(61(66)67)68-46(52-27)54-44(65)34-10-9-32(21-38(34)53-28(2)62)49-14-5-6-15-50-41(64)26-57-17-11-33(12-18-57)60-39-13-19-58(29(3)63)25-37(39)43(55-60)59-16-7-8-30-20-35(31-23-51-56(4)24-31)36(42(47)48)22-40(30)59/h9-10,20-24,33,42,49H,5-8,11-19,25-26H2,1-4H3,(H,50,64)(H,53,62)(H,52,54,65). The Kier molecular flexibility index (Phi) is 14.4. The summed E-state index contributed by atoms with van der Waals surface area (Å²) in [5, 5.41) is 32.2. The van der Waals surface area contributed by atoms with Crippen molar-refractivity contribution in [1.29, 1.82) is 0 Å². The van der Waals surface area contributed by atoms with E-state index in [1.807, 2.05) is 11.0 Å². The molecule has 0 saturated carbocycles. The number of hydrogen-bond donors (Lipinski definition) is 4. The highest BCUT2D eigenvalue weighted by Gasteiger charge is 2.35. The first-order chi connectivity index (χ1) is 32.6. The van der Waals surface area contributed by atoms with Gasteiger partial charge in [0.25, 0.3) is 12.3 Å². The largest absolute Gasteiger partial charge is 0.385 e. The van der Waals surface area contributed by atoms with Gasteiger partial charge in [0.2, 0.25) is 17.7 Å². The minimum Gasteiger partial charge on any atom is -0.385 e. The maximum absolute atomic E-state index is 14.7. The van der Waals surface area contributed by atoms with Gasteiger partial charge in [-0.15, -0.1) is 0 Å². The van der Waals surface area contributed by atoms with Crippen LogP contribution in [0, 0.1) is 17.0 Å². The number of unbranched alkanes of at least 4 members (excludes halogenated alkanes) is 1. The minimum absolute atomic E-state index is 0.0228. The molecule has 4 N–H and O–H groups in total. The number of nitrogens with zero attached hydrogens (tertiary/aromatic N) is 9. The number of thiazole rings is 1. The van der Waals surface area contributed by atoms with Gasteiger partial charge in [-0.25, -0.2) is 13.8 Å². The van der Waals surface area contributed by atoms with Crippen LogP contribution >= 0.6 is 11.3 Å². The molecule has 0 aliphatic carbocycles. The van der Waals surface area contributed by atoms with E-state index >= 15 is 0 Å². The van der Waals surface area contributed by atoms with E-state index in [1.54, 1.807) is 55.3 Å². The van der Waals surface area contributed by atoms with Crippen LogP contribution in [-0.4, -0.2) is 109 Å².